The van der Waals surface area contributed by atoms with Gasteiger partial charge in [0.05, 0.1) is 11.3 Å². The number of hydrogen-bond acceptors (Lipinski definition) is 5. The van der Waals surface area contributed by atoms with Crippen molar-refractivity contribution in [1.29, 1.82) is 10.7 Å². The lowest BCUT2D eigenvalue weighted by Gasteiger charge is -2.36. The summed E-state index contributed by atoms with van der Waals surface area (Å²) in [6, 6.07) is 13.7. The van der Waals surface area contributed by atoms with Gasteiger partial charge in [0.15, 0.2) is 0 Å². The standard InChI is InChI=1S/C25H26N4O2/c1-16-7-10-22-23(29(16)17(2)30)12-11-21(19(14-27)15-28-20-8-9-20)25(22)31-24-6-4-3-5-18(24)13-26/h3-6,11-12,14-16,20,27-28H,7-10H2,1-2H3/b19-15+,27-14?/t16-/m0/s1. The molecule has 1 atom stereocenters. The minimum Gasteiger partial charge on any atom is -0.455 e. The first-order valence-electron chi connectivity index (χ1n) is 10.6. The second kappa shape index (κ2) is 8.65. The van der Waals surface area contributed by atoms with Crippen LogP contribution in [-0.4, -0.2) is 24.2 Å². The van der Waals surface area contributed by atoms with Gasteiger partial charge in [-0.2, -0.15) is 5.26 Å². The minimum absolute atomic E-state index is 0.0113. The number of para-hydroxylation sites is 1. The number of rotatable bonds is 6. The Morgan fingerprint density at radius 3 is 2.71 bits per heavy atom. The predicted octanol–water partition coefficient (Wildman–Crippen LogP) is 4.78. The highest BCUT2D eigenvalue weighted by atomic mass is 16.5. The lowest BCUT2D eigenvalue weighted by atomic mass is 9.91. The van der Waals surface area contributed by atoms with Gasteiger partial charge in [-0.15, -0.1) is 0 Å². The summed E-state index contributed by atoms with van der Waals surface area (Å²) in [5.74, 6) is 1.06. The van der Waals surface area contributed by atoms with Crippen LogP contribution in [0.2, 0.25) is 0 Å². The minimum atomic E-state index is -0.0113. The number of ether oxygens (including phenoxy) is 1. The van der Waals surface area contributed by atoms with Gasteiger partial charge in [0, 0.05) is 48.1 Å². The van der Waals surface area contributed by atoms with E-state index in [-0.39, 0.29) is 11.9 Å². The van der Waals surface area contributed by atoms with Crippen molar-refractivity contribution in [3.63, 3.8) is 0 Å². The number of carbonyl (C=O) groups is 1. The van der Waals surface area contributed by atoms with Gasteiger partial charge in [-0.25, -0.2) is 0 Å². The van der Waals surface area contributed by atoms with Gasteiger partial charge in [-0.05, 0) is 56.9 Å². The van der Waals surface area contributed by atoms with Crippen molar-refractivity contribution in [3.05, 3.63) is 59.3 Å². The predicted molar refractivity (Wildman–Crippen MR) is 122 cm³/mol. The van der Waals surface area contributed by atoms with Gasteiger partial charge < -0.3 is 20.4 Å². The number of fused-ring (bicyclic) bond motifs is 1. The van der Waals surface area contributed by atoms with Crippen molar-refractivity contribution in [2.75, 3.05) is 4.90 Å². The molecule has 1 saturated carbocycles. The maximum Gasteiger partial charge on any atom is 0.224 e. The number of benzene rings is 2. The second-order valence-electron chi connectivity index (χ2n) is 8.11. The number of amides is 1. The molecule has 31 heavy (non-hydrogen) atoms. The van der Waals surface area contributed by atoms with Crippen molar-refractivity contribution < 1.29 is 9.53 Å². The van der Waals surface area contributed by atoms with Crippen molar-refractivity contribution in [3.8, 4) is 17.6 Å². The van der Waals surface area contributed by atoms with Crippen molar-refractivity contribution in [1.82, 2.24) is 5.32 Å². The van der Waals surface area contributed by atoms with Gasteiger partial charge in [-0.1, -0.05) is 12.1 Å². The zero-order valence-electron chi connectivity index (χ0n) is 17.8. The first kappa shape index (κ1) is 20.7. The Bertz CT molecular complexity index is 1100. The van der Waals surface area contributed by atoms with Gasteiger partial charge in [-0.3, -0.25) is 4.79 Å². The molecular formula is C25H26N4O2. The highest BCUT2D eigenvalue weighted by molar-refractivity contribution is 6.10. The molecule has 2 aromatic carbocycles. The zero-order valence-corrected chi connectivity index (χ0v) is 17.8. The van der Waals surface area contributed by atoms with E-state index in [1.807, 2.05) is 36.2 Å². The second-order valence-corrected chi connectivity index (χ2v) is 8.11. The molecule has 0 unspecified atom stereocenters. The first-order chi connectivity index (χ1) is 15.0. The Balaban J connectivity index is 1.87. The normalized spacial score (nSPS) is 18.0. The smallest absolute Gasteiger partial charge is 0.224 e. The van der Waals surface area contributed by atoms with Gasteiger partial charge in [0.2, 0.25) is 5.91 Å². The van der Waals surface area contributed by atoms with Crippen molar-refractivity contribution >= 4 is 23.4 Å². The molecule has 6 nitrogen and oxygen atoms in total. The van der Waals surface area contributed by atoms with Crippen molar-refractivity contribution in [2.45, 2.75) is 51.6 Å². The molecule has 1 heterocycles. The molecule has 0 saturated heterocycles. The van der Waals surface area contributed by atoms with Gasteiger partial charge >= 0.3 is 0 Å². The van der Waals surface area contributed by atoms with Crippen LogP contribution >= 0.6 is 0 Å². The van der Waals surface area contributed by atoms with Crippen LogP contribution in [0.4, 0.5) is 5.69 Å². The summed E-state index contributed by atoms with van der Waals surface area (Å²) < 4.78 is 6.37. The van der Waals surface area contributed by atoms with Crippen LogP contribution in [0.5, 0.6) is 11.5 Å². The molecule has 2 aromatic rings. The van der Waals surface area contributed by atoms with Crippen LogP contribution in [0.25, 0.3) is 5.57 Å². The van der Waals surface area contributed by atoms with Crippen LogP contribution in [0.15, 0.2) is 42.6 Å². The summed E-state index contributed by atoms with van der Waals surface area (Å²) in [7, 11) is 0. The quantitative estimate of drug-likeness (QED) is 0.666. The van der Waals surface area contributed by atoms with Crippen molar-refractivity contribution in [2.24, 2.45) is 0 Å². The lowest BCUT2D eigenvalue weighted by molar-refractivity contribution is -0.117. The van der Waals surface area contributed by atoms with E-state index in [2.05, 4.69) is 11.4 Å². The average Bonchev–Trinajstić information content (AvgIpc) is 3.59. The summed E-state index contributed by atoms with van der Waals surface area (Å²) in [5, 5.41) is 20.9. The Morgan fingerprint density at radius 1 is 1.26 bits per heavy atom. The van der Waals surface area contributed by atoms with E-state index in [1.54, 1.807) is 25.1 Å². The molecule has 1 aliphatic heterocycles. The first-order valence-corrected chi connectivity index (χ1v) is 10.6. The number of nitrogens with zero attached hydrogens (tertiary/aromatic N) is 2. The fourth-order valence-corrected chi connectivity index (χ4v) is 4.04. The SMILES string of the molecule is CC(=O)N1c2ccc(/C(C=N)=C/NC3CC3)c(Oc3ccccc3C#N)c2CC[C@@H]1C. The molecule has 0 radical (unpaired) electrons. The van der Waals surface area contributed by atoms with E-state index in [0.717, 1.165) is 42.5 Å². The van der Waals surface area contributed by atoms with Crippen LogP contribution in [0.3, 0.4) is 0 Å². The van der Waals surface area contributed by atoms with E-state index in [0.29, 0.717) is 28.7 Å². The molecule has 0 aromatic heterocycles. The molecular weight excluding hydrogens is 388 g/mol. The van der Waals surface area contributed by atoms with E-state index >= 15 is 0 Å². The fourth-order valence-electron chi connectivity index (χ4n) is 4.04. The molecule has 1 amide bonds. The number of nitriles is 1. The van der Waals surface area contributed by atoms with Crippen LogP contribution in [-0.2, 0) is 11.2 Å². The summed E-state index contributed by atoms with van der Waals surface area (Å²) in [5.41, 5.74) is 3.67. The molecule has 0 spiro atoms. The Morgan fingerprint density at radius 2 is 2.03 bits per heavy atom. The van der Waals surface area contributed by atoms with E-state index in [1.165, 1.54) is 6.21 Å². The topological polar surface area (TPSA) is 89.2 Å². The Kier molecular flexibility index (Phi) is 5.77. The largest absolute Gasteiger partial charge is 0.455 e. The third kappa shape index (κ3) is 4.17. The summed E-state index contributed by atoms with van der Waals surface area (Å²) in [6.07, 6.45) is 7.01. The highest BCUT2D eigenvalue weighted by Gasteiger charge is 2.30. The van der Waals surface area contributed by atoms with Crippen LogP contribution in [0.1, 0.15) is 49.8 Å². The zero-order chi connectivity index (χ0) is 22.0. The summed E-state index contributed by atoms with van der Waals surface area (Å²) in [6.45, 7) is 3.62. The Hall–Kier alpha value is -3.59. The highest BCUT2D eigenvalue weighted by Crippen LogP contribution is 2.43. The van der Waals surface area contributed by atoms with Gasteiger partial charge in [0.1, 0.15) is 17.6 Å². The molecule has 1 aliphatic carbocycles. The number of allylic oxidation sites excluding steroid dienone is 1. The third-order valence-electron chi connectivity index (χ3n) is 5.83. The van der Waals surface area contributed by atoms with Crippen LogP contribution < -0.4 is 15.0 Å². The molecule has 4 rings (SSSR count). The number of nitrogens with one attached hydrogen (secondary N) is 2. The lowest BCUT2D eigenvalue weighted by Crippen LogP contribution is -2.40. The maximum atomic E-state index is 12.4. The molecule has 158 valence electrons. The van der Waals surface area contributed by atoms with E-state index < -0.39 is 0 Å². The molecule has 1 fully saturated rings. The maximum absolute atomic E-state index is 12.4. The Labute approximate surface area is 182 Å². The molecule has 0 bridgehead atoms. The summed E-state index contributed by atoms with van der Waals surface area (Å²) in [4.78, 5) is 14.2. The third-order valence-corrected chi connectivity index (χ3v) is 5.83. The average molecular weight is 415 g/mol. The van der Waals surface area contributed by atoms with E-state index in [4.69, 9.17) is 10.1 Å². The fraction of sp³-hybridized carbons (Fsp3) is 0.320. The molecule has 6 heteroatoms. The number of carbonyl (C=O) groups excluding carboxylic acids is 1. The number of hydrogen-bond donors (Lipinski definition) is 2. The molecule has 2 aliphatic rings. The monoisotopic (exact) mass is 414 g/mol. The van der Waals surface area contributed by atoms with Crippen LogP contribution in [0, 0.1) is 16.7 Å². The van der Waals surface area contributed by atoms with E-state index in [9.17, 15) is 10.1 Å². The van der Waals surface area contributed by atoms with Gasteiger partial charge in [0.25, 0.3) is 0 Å². The number of anilines is 1. The summed E-state index contributed by atoms with van der Waals surface area (Å²) >= 11 is 0. The molecule has 2 N–H and O–H groups in total.